The smallest absolute Gasteiger partial charge is 0.234 e. The number of fused-ring (bicyclic) bond motifs is 1. The molecule has 0 radical (unpaired) electrons. The van der Waals surface area contributed by atoms with Crippen LogP contribution < -0.4 is 5.32 Å². The standard InChI is InChI=1S/C12H13NO2/c1-14-11-8-7-9-5-3-4-6-10(9)13-12(11)15-2/h3-8,13H,1-2H3. The van der Waals surface area contributed by atoms with E-state index in [0.717, 1.165) is 11.3 Å². The minimum atomic E-state index is 0.624. The summed E-state index contributed by atoms with van der Waals surface area (Å²) in [6, 6.07) is 8.00. The molecule has 3 heteroatoms. The Balaban J connectivity index is 2.44. The van der Waals surface area contributed by atoms with Gasteiger partial charge in [-0.3, -0.25) is 0 Å². The highest BCUT2D eigenvalue weighted by atomic mass is 16.5. The average Bonchev–Trinajstić information content (AvgIpc) is 2.47. The molecule has 15 heavy (non-hydrogen) atoms. The molecule has 1 aromatic rings. The van der Waals surface area contributed by atoms with Crippen LogP contribution in [0.2, 0.25) is 0 Å². The van der Waals surface area contributed by atoms with Crippen LogP contribution in [0.25, 0.3) is 6.08 Å². The van der Waals surface area contributed by atoms with Crippen molar-refractivity contribution in [2.75, 3.05) is 19.5 Å². The van der Waals surface area contributed by atoms with Crippen molar-refractivity contribution in [3.63, 3.8) is 0 Å². The van der Waals surface area contributed by atoms with Crippen LogP contribution in [0.1, 0.15) is 5.56 Å². The van der Waals surface area contributed by atoms with Gasteiger partial charge in [-0.15, -0.1) is 0 Å². The lowest BCUT2D eigenvalue weighted by Crippen LogP contribution is -2.05. The monoisotopic (exact) mass is 203 g/mol. The van der Waals surface area contributed by atoms with Crippen molar-refractivity contribution < 1.29 is 9.47 Å². The molecule has 78 valence electrons. The van der Waals surface area contributed by atoms with Crippen molar-refractivity contribution in [2.24, 2.45) is 0 Å². The number of methoxy groups -OCH3 is 2. The maximum atomic E-state index is 5.22. The Morgan fingerprint density at radius 2 is 1.80 bits per heavy atom. The van der Waals surface area contributed by atoms with Gasteiger partial charge in [-0.25, -0.2) is 0 Å². The van der Waals surface area contributed by atoms with E-state index in [-0.39, 0.29) is 0 Å². The van der Waals surface area contributed by atoms with Crippen LogP contribution in [-0.2, 0) is 9.47 Å². The Kier molecular flexibility index (Phi) is 2.63. The van der Waals surface area contributed by atoms with Gasteiger partial charge in [-0.05, 0) is 23.8 Å². The third-order valence-corrected chi connectivity index (χ3v) is 2.27. The first kappa shape index (κ1) is 9.65. The number of benzene rings is 1. The third kappa shape index (κ3) is 1.81. The van der Waals surface area contributed by atoms with E-state index in [0.29, 0.717) is 11.6 Å². The number of allylic oxidation sites excluding steroid dienone is 1. The molecule has 1 aromatic carbocycles. The first-order valence-electron chi connectivity index (χ1n) is 4.71. The maximum absolute atomic E-state index is 5.22. The van der Waals surface area contributed by atoms with Crippen molar-refractivity contribution in [2.45, 2.75) is 0 Å². The van der Waals surface area contributed by atoms with Gasteiger partial charge >= 0.3 is 0 Å². The lowest BCUT2D eigenvalue weighted by molar-refractivity contribution is 0.236. The van der Waals surface area contributed by atoms with Crippen LogP contribution in [0.5, 0.6) is 0 Å². The van der Waals surface area contributed by atoms with Crippen LogP contribution in [0.4, 0.5) is 5.69 Å². The van der Waals surface area contributed by atoms with Gasteiger partial charge in [-0.2, -0.15) is 0 Å². The summed E-state index contributed by atoms with van der Waals surface area (Å²) in [5.41, 5.74) is 2.12. The van der Waals surface area contributed by atoms with Crippen molar-refractivity contribution in [1.82, 2.24) is 0 Å². The van der Waals surface area contributed by atoms with E-state index in [2.05, 4.69) is 5.32 Å². The molecule has 1 heterocycles. The molecule has 0 amide bonds. The first-order chi connectivity index (χ1) is 7.35. The Bertz CT molecular complexity index is 421. The number of ether oxygens (including phenoxy) is 2. The van der Waals surface area contributed by atoms with Gasteiger partial charge in [0.15, 0.2) is 5.76 Å². The average molecular weight is 203 g/mol. The molecule has 2 rings (SSSR count). The van der Waals surface area contributed by atoms with Crippen LogP contribution in [0, 0.1) is 0 Å². The number of anilines is 1. The van der Waals surface area contributed by atoms with Gasteiger partial charge in [0.05, 0.1) is 14.2 Å². The molecule has 0 fully saturated rings. The predicted molar refractivity (Wildman–Crippen MR) is 60.1 cm³/mol. The van der Waals surface area contributed by atoms with Crippen molar-refractivity contribution >= 4 is 11.8 Å². The lowest BCUT2D eigenvalue weighted by atomic mass is 10.2. The zero-order valence-corrected chi connectivity index (χ0v) is 8.78. The highest BCUT2D eigenvalue weighted by Crippen LogP contribution is 2.24. The zero-order chi connectivity index (χ0) is 10.7. The molecule has 0 saturated carbocycles. The Hall–Kier alpha value is -1.90. The quantitative estimate of drug-likeness (QED) is 0.801. The molecule has 0 aromatic heterocycles. The van der Waals surface area contributed by atoms with E-state index in [9.17, 15) is 0 Å². The van der Waals surface area contributed by atoms with Crippen LogP contribution in [0.3, 0.4) is 0 Å². The molecule has 1 aliphatic heterocycles. The number of nitrogens with one attached hydrogen (secondary N) is 1. The minimum Gasteiger partial charge on any atom is -0.491 e. The molecular weight excluding hydrogens is 190 g/mol. The summed E-state index contributed by atoms with van der Waals surface area (Å²) in [7, 11) is 3.24. The second-order valence-corrected chi connectivity index (χ2v) is 3.15. The lowest BCUT2D eigenvalue weighted by Gasteiger charge is -2.11. The second-order valence-electron chi connectivity index (χ2n) is 3.15. The fourth-order valence-corrected chi connectivity index (χ4v) is 1.49. The first-order valence-corrected chi connectivity index (χ1v) is 4.71. The molecule has 0 bridgehead atoms. The van der Waals surface area contributed by atoms with Gasteiger partial charge in [0.2, 0.25) is 5.88 Å². The minimum absolute atomic E-state index is 0.624. The Morgan fingerprint density at radius 1 is 1.00 bits per heavy atom. The predicted octanol–water partition coefficient (Wildman–Crippen LogP) is 2.59. The zero-order valence-electron chi connectivity index (χ0n) is 8.78. The van der Waals surface area contributed by atoms with Gasteiger partial charge in [-0.1, -0.05) is 18.2 Å². The van der Waals surface area contributed by atoms with E-state index in [1.165, 1.54) is 0 Å². The van der Waals surface area contributed by atoms with E-state index >= 15 is 0 Å². The normalized spacial score (nSPS) is 14.0. The van der Waals surface area contributed by atoms with Crippen molar-refractivity contribution in [3.05, 3.63) is 47.5 Å². The summed E-state index contributed by atoms with van der Waals surface area (Å²) < 4.78 is 10.4. The number of hydrogen-bond acceptors (Lipinski definition) is 3. The van der Waals surface area contributed by atoms with Gasteiger partial charge in [0.25, 0.3) is 0 Å². The number of rotatable bonds is 2. The summed E-state index contributed by atoms with van der Waals surface area (Å²) in [6.45, 7) is 0. The van der Waals surface area contributed by atoms with E-state index in [4.69, 9.17) is 9.47 Å². The van der Waals surface area contributed by atoms with Gasteiger partial charge in [0.1, 0.15) is 0 Å². The summed E-state index contributed by atoms with van der Waals surface area (Å²) >= 11 is 0. The molecule has 0 atom stereocenters. The summed E-state index contributed by atoms with van der Waals surface area (Å²) in [5.74, 6) is 1.31. The Labute approximate surface area is 89.0 Å². The summed E-state index contributed by atoms with van der Waals surface area (Å²) in [5, 5.41) is 3.18. The van der Waals surface area contributed by atoms with E-state index < -0.39 is 0 Å². The van der Waals surface area contributed by atoms with E-state index in [1.54, 1.807) is 14.2 Å². The highest BCUT2D eigenvalue weighted by molar-refractivity contribution is 5.71. The third-order valence-electron chi connectivity index (χ3n) is 2.27. The molecule has 3 nitrogen and oxygen atoms in total. The molecule has 1 aliphatic rings. The summed E-state index contributed by atoms with van der Waals surface area (Å²) in [4.78, 5) is 0. The molecule has 0 saturated heterocycles. The summed E-state index contributed by atoms with van der Waals surface area (Å²) in [6.07, 6.45) is 3.88. The number of hydrogen-bond donors (Lipinski definition) is 1. The second kappa shape index (κ2) is 4.09. The fourth-order valence-electron chi connectivity index (χ4n) is 1.49. The van der Waals surface area contributed by atoms with Gasteiger partial charge < -0.3 is 14.8 Å². The number of para-hydroxylation sites is 1. The molecule has 0 aliphatic carbocycles. The van der Waals surface area contributed by atoms with Gasteiger partial charge in [0, 0.05) is 5.69 Å². The molecule has 0 spiro atoms. The van der Waals surface area contributed by atoms with Crippen molar-refractivity contribution in [3.8, 4) is 0 Å². The molecule has 0 unspecified atom stereocenters. The topological polar surface area (TPSA) is 30.5 Å². The molecule has 1 N–H and O–H groups in total. The molecular formula is C12H13NO2. The SMILES string of the molecule is COC1=C(OC)Nc2ccccc2C=C1. The fraction of sp³-hybridized carbons (Fsp3) is 0.167. The van der Waals surface area contributed by atoms with Crippen LogP contribution >= 0.6 is 0 Å². The Morgan fingerprint density at radius 3 is 2.53 bits per heavy atom. The van der Waals surface area contributed by atoms with Crippen molar-refractivity contribution in [1.29, 1.82) is 0 Å². The largest absolute Gasteiger partial charge is 0.491 e. The van der Waals surface area contributed by atoms with Crippen LogP contribution in [-0.4, -0.2) is 14.2 Å². The van der Waals surface area contributed by atoms with Crippen LogP contribution in [0.15, 0.2) is 42.0 Å². The maximum Gasteiger partial charge on any atom is 0.234 e. The van der Waals surface area contributed by atoms with E-state index in [1.807, 2.05) is 36.4 Å². The highest BCUT2D eigenvalue weighted by Gasteiger charge is 2.11.